The monoisotopic (exact) mass is 301 g/mol. The third kappa shape index (κ3) is 2.82. The Morgan fingerprint density at radius 2 is 2.23 bits per heavy atom. The molecule has 3 rings (SSSR count). The number of nitrogens with zero attached hydrogens (tertiary/aromatic N) is 1. The fourth-order valence-corrected chi connectivity index (χ4v) is 2.82. The van der Waals surface area contributed by atoms with Gasteiger partial charge >= 0.3 is 11.8 Å². The van der Waals surface area contributed by atoms with Crippen molar-refractivity contribution in [2.45, 2.75) is 19.4 Å². The van der Waals surface area contributed by atoms with Gasteiger partial charge in [0.05, 0.1) is 6.10 Å². The van der Waals surface area contributed by atoms with Gasteiger partial charge < -0.3 is 20.3 Å². The minimum atomic E-state index is -0.638. The number of amides is 2. The first-order valence-corrected chi connectivity index (χ1v) is 7.40. The molecule has 116 valence electrons. The van der Waals surface area contributed by atoms with E-state index in [2.05, 4.69) is 10.3 Å². The summed E-state index contributed by atoms with van der Waals surface area (Å²) in [4.78, 5) is 28.8. The van der Waals surface area contributed by atoms with Crippen molar-refractivity contribution in [1.82, 2.24) is 9.88 Å². The van der Waals surface area contributed by atoms with E-state index in [-0.39, 0.29) is 5.92 Å². The summed E-state index contributed by atoms with van der Waals surface area (Å²) in [6, 6.07) is 7.33. The normalized spacial score (nSPS) is 19.4. The molecular formula is C16H19N3O3. The highest BCUT2D eigenvalue weighted by atomic mass is 16.3. The number of hydrogen-bond acceptors (Lipinski definition) is 3. The van der Waals surface area contributed by atoms with Gasteiger partial charge in [-0.25, -0.2) is 0 Å². The zero-order chi connectivity index (χ0) is 15.7. The van der Waals surface area contributed by atoms with Gasteiger partial charge in [-0.15, -0.1) is 0 Å². The maximum absolute atomic E-state index is 12.2. The van der Waals surface area contributed by atoms with Gasteiger partial charge in [0.1, 0.15) is 0 Å². The van der Waals surface area contributed by atoms with Crippen LogP contribution < -0.4 is 5.32 Å². The molecule has 2 atom stereocenters. The zero-order valence-corrected chi connectivity index (χ0v) is 12.4. The molecule has 22 heavy (non-hydrogen) atoms. The number of nitrogens with one attached hydrogen (secondary N) is 2. The molecule has 6 nitrogen and oxygen atoms in total. The number of aromatic amines is 1. The molecular weight excluding hydrogens is 282 g/mol. The Labute approximate surface area is 128 Å². The molecule has 0 saturated carbocycles. The molecule has 1 saturated heterocycles. The summed E-state index contributed by atoms with van der Waals surface area (Å²) in [6.07, 6.45) is 2.09. The molecule has 2 amide bonds. The van der Waals surface area contributed by atoms with Gasteiger partial charge in [0.2, 0.25) is 0 Å². The standard InChI is InChI=1S/C16H19N3O3/c1-10(20)12-5-7-19(9-12)16(22)15(21)18-13-2-3-14-11(8-13)4-6-17-14/h2-4,6,8,10,12,17,20H,5,7,9H2,1H3,(H,18,21). The van der Waals surface area contributed by atoms with Crippen molar-refractivity contribution in [3.05, 3.63) is 30.5 Å². The maximum Gasteiger partial charge on any atom is 0.313 e. The predicted molar refractivity (Wildman–Crippen MR) is 83.3 cm³/mol. The first-order chi connectivity index (χ1) is 10.5. The van der Waals surface area contributed by atoms with Crippen molar-refractivity contribution < 1.29 is 14.7 Å². The van der Waals surface area contributed by atoms with Crippen molar-refractivity contribution in [3.63, 3.8) is 0 Å². The summed E-state index contributed by atoms with van der Waals surface area (Å²) >= 11 is 0. The molecule has 0 radical (unpaired) electrons. The van der Waals surface area contributed by atoms with Crippen molar-refractivity contribution in [2.75, 3.05) is 18.4 Å². The average molecular weight is 301 g/mol. The Kier molecular flexibility index (Phi) is 3.85. The third-order valence-corrected chi connectivity index (χ3v) is 4.20. The number of aliphatic hydroxyl groups excluding tert-OH is 1. The average Bonchev–Trinajstić information content (AvgIpc) is 3.15. The van der Waals surface area contributed by atoms with Crippen LogP contribution >= 0.6 is 0 Å². The molecule has 2 aromatic rings. The molecule has 6 heteroatoms. The largest absolute Gasteiger partial charge is 0.393 e. The first kappa shape index (κ1) is 14.6. The number of aliphatic hydroxyl groups is 1. The summed E-state index contributed by atoms with van der Waals surface area (Å²) in [5.41, 5.74) is 1.57. The van der Waals surface area contributed by atoms with Crippen molar-refractivity contribution in [2.24, 2.45) is 5.92 Å². The van der Waals surface area contributed by atoms with Crippen LogP contribution in [0.3, 0.4) is 0 Å². The van der Waals surface area contributed by atoms with E-state index < -0.39 is 17.9 Å². The van der Waals surface area contributed by atoms with E-state index in [1.807, 2.05) is 24.4 Å². The van der Waals surface area contributed by atoms with Crippen LogP contribution in [-0.2, 0) is 9.59 Å². The highest BCUT2D eigenvalue weighted by Gasteiger charge is 2.32. The molecule has 0 spiro atoms. The number of hydrogen-bond donors (Lipinski definition) is 3. The Morgan fingerprint density at radius 3 is 2.95 bits per heavy atom. The minimum absolute atomic E-state index is 0.0490. The molecule has 1 aromatic heterocycles. The number of benzene rings is 1. The number of carbonyl (C=O) groups excluding carboxylic acids is 2. The van der Waals surface area contributed by atoms with Gasteiger partial charge in [-0.1, -0.05) is 0 Å². The molecule has 1 aromatic carbocycles. The second-order valence-electron chi connectivity index (χ2n) is 5.77. The van der Waals surface area contributed by atoms with E-state index in [9.17, 15) is 14.7 Å². The molecule has 2 unspecified atom stereocenters. The number of likely N-dealkylation sites (tertiary alicyclic amines) is 1. The molecule has 1 aliphatic rings. The third-order valence-electron chi connectivity index (χ3n) is 4.20. The van der Waals surface area contributed by atoms with Crippen LogP contribution in [0.4, 0.5) is 5.69 Å². The lowest BCUT2D eigenvalue weighted by Gasteiger charge is -2.17. The van der Waals surface area contributed by atoms with Crippen LogP contribution in [0.2, 0.25) is 0 Å². The van der Waals surface area contributed by atoms with Crippen LogP contribution in [0, 0.1) is 5.92 Å². The van der Waals surface area contributed by atoms with Gasteiger partial charge in [0.15, 0.2) is 0 Å². The number of fused-ring (bicyclic) bond motifs is 1. The molecule has 1 aliphatic heterocycles. The van der Waals surface area contributed by atoms with Crippen molar-refractivity contribution in [3.8, 4) is 0 Å². The van der Waals surface area contributed by atoms with Gasteiger partial charge in [0.25, 0.3) is 0 Å². The Bertz CT molecular complexity index is 707. The summed E-state index contributed by atoms with van der Waals surface area (Å²) in [5.74, 6) is -1.13. The molecule has 2 heterocycles. The van der Waals surface area contributed by atoms with E-state index in [4.69, 9.17) is 0 Å². The Morgan fingerprint density at radius 1 is 1.41 bits per heavy atom. The lowest BCUT2D eigenvalue weighted by molar-refractivity contribution is -0.142. The van der Waals surface area contributed by atoms with Crippen LogP contribution in [0.5, 0.6) is 0 Å². The Balaban J connectivity index is 1.65. The van der Waals surface area contributed by atoms with Gasteiger partial charge in [-0.05, 0) is 37.6 Å². The van der Waals surface area contributed by atoms with Crippen molar-refractivity contribution in [1.29, 1.82) is 0 Å². The summed E-state index contributed by atoms with van der Waals surface area (Å²) in [6.45, 7) is 2.66. The minimum Gasteiger partial charge on any atom is -0.393 e. The smallest absolute Gasteiger partial charge is 0.313 e. The summed E-state index contributed by atoms with van der Waals surface area (Å²) < 4.78 is 0. The van der Waals surface area contributed by atoms with Crippen LogP contribution in [0.1, 0.15) is 13.3 Å². The Hall–Kier alpha value is -2.34. The second-order valence-corrected chi connectivity index (χ2v) is 5.77. The lowest BCUT2D eigenvalue weighted by atomic mass is 10.0. The zero-order valence-electron chi connectivity index (χ0n) is 12.4. The number of rotatable bonds is 2. The molecule has 1 fully saturated rings. The topological polar surface area (TPSA) is 85.4 Å². The van der Waals surface area contributed by atoms with Gasteiger partial charge in [-0.2, -0.15) is 0 Å². The van der Waals surface area contributed by atoms with Gasteiger partial charge in [-0.3, -0.25) is 9.59 Å². The fraction of sp³-hybridized carbons (Fsp3) is 0.375. The summed E-state index contributed by atoms with van der Waals surface area (Å²) in [5, 5.41) is 13.2. The lowest BCUT2D eigenvalue weighted by Crippen LogP contribution is -2.38. The van der Waals surface area contributed by atoms with E-state index >= 15 is 0 Å². The summed E-state index contributed by atoms with van der Waals surface area (Å²) in [7, 11) is 0. The highest BCUT2D eigenvalue weighted by molar-refractivity contribution is 6.39. The maximum atomic E-state index is 12.2. The van der Waals surface area contributed by atoms with E-state index in [0.717, 1.165) is 17.3 Å². The van der Waals surface area contributed by atoms with Gasteiger partial charge in [0, 0.05) is 41.8 Å². The van der Waals surface area contributed by atoms with Crippen LogP contribution in [-0.4, -0.2) is 46.0 Å². The SMILES string of the molecule is CC(O)C1CCN(C(=O)C(=O)Nc2ccc3[nH]ccc3c2)C1. The molecule has 0 aliphatic carbocycles. The van der Waals surface area contributed by atoms with E-state index in [0.29, 0.717) is 18.8 Å². The van der Waals surface area contributed by atoms with Crippen LogP contribution in [0.15, 0.2) is 30.5 Å². The number of H-pyrrole nitrogens is 1. The first-order valence-electron chi connectivity index (χ1n) is 7.40. The van der Waals surface area contributed by atoms with E-state index in [1.54, 1.807) is 13.0 Å². The number of aromatic nitrogens is 1. The number of carbonyl (C=O) groups is 2. The predicted octanol–water partition coefficient (Wildman–Crippen LogP) is 1.34. The highest BCUT2D eigenvalue weighted by Crippen LogP contribution is 2.21. The molecule has 3 N–H and O–H groups in total. The quantitative estimate of drug-likeness (QED) is 0.732. The van der Waals surface area contributed by atoms with Crippen LogP contribution in [0.25, 0.3) is 10.9 Å². The van der Waals surface area contributed by atoms with E-state index in [1.165, 1.54) is 4.90 Å². The number of anilines is 1. The molecule has 0 bridgehead atoms. The fourth-order valence-electron chi connectivity index (χ4n) is 2.82. The van der Waals surface area contributed by atoms with Crippen molar-refractivity contribution >= 4 is 28.4 Å². The second kappa shape index (κ2) is 5.81.